The van der Waals surface area contributed by atoms with Gasteiger partial charge in [-0.15, -0.1) is 0 Å². The van der Waals surface area contributed by atoms with Crippen LogP contribution in [0, 0.1) is 18.6 Å². The minimum Gasteiger partial charge on any atom is -0.369 e. The Balaban J connectivity index is 1.61. The molecule has 4 aromatic rings. The van der Waals surface area contributed by atoms with Gasteiger partial charge in [0.2, 0.25) is 0 Å². The summed E-state index contributed by atoms with van der Waals surface area (Å²) in [4.78, 5) is 29.1. The lowest BCUT2D eigenvalue weighted by atomic mass is 9.95. The molecule has 1 amide bonds. The van der Waals surface area contributed by atoms with Crippen molar-refractivity contribution in [1.82, 2.24) is 25.3 Å². The lowest BCUT2D eigenvalue weighted by Crippen LogP contribution is -2.21. The Kier molecular flexibility index (Phi) is 6.21. The number of aromatic nitrogens is 4. The molecule has 0 saturated carbocycles. The molecule has 168 valence electrons. The zero-order valence-corrected chi connectivity index (χ0v) is 18.4. The van der Waals surface area contributed by atoms with E-state index < -0.39 is 17.5 Å². The van der Waals surface area contributed by atoms with Gasteiger partial charge in [-0.3, -0.25) is 14.8 Å². The molecule has 0 fully saturated rings. The van der Waals surface area contributed by atoms with Crippen molar-refractivity contribution in [2.24, 2.45) is 0 Å². The van der Waals surface area contributed by atoms with Crippen LogP contribution in [0.25, 0.3) is 22.2 Å². The third-order valence-corrected chi connectivity index (χ3v) is 5.40. The molecule has 7 nitrogen and oxygen atoms in total. The SMILES string of the molecule is CNC(=O)c1c(F)cnc2c([C@H](C)CNc3cc(-c4ccc(C)nc4)ncn3)ccc(F)c12. The van der Waals surface area contributed by atoms with E-state index in [1.807, 2.05) is 32.0 Å². The standard InChI is InChI=1S/C24H22F2N6O/c1-13(9-29-20-8-19(31-12-32-20)15-5-4-14(2)28-10-15)16-6-7-17(25)21-22(24(33)27-3)18(26)11-30-23(16)21/h4-8,10-13H,9H2,1-3H3,(H,27,33)(H,29,31,32)/t13-/m1/s1. The Morgan fingerprint density at radius 3 is 2.58 bits per heavy atom. The van der Waals surface area contributed by atoms with Gasteiger partial charge in [0, 0.05) is 43.0 Å². The van der Waals surface area contributed by atoms with Crippen LogP contribution in [-0.2, 0) is 0 Å². The van der Waals surface area contributed by atoms with Crippen LogP contribution >= 0.6 is 0 Å². The summed E-state index contributed by atoms with van der Waals surface area (Å²) in [7, 11) is 1.37. The molecule has 3 heterocycles. The maximum Gasteiger partial charge on any atom is 0.254 e. The quantitative estimate of drug-likeness (QED) is 0.458. The molecule has 2 N–H and O–H groups in total. The molecule has 0 bridgehead atoms. The summed E-state index contributed by atoms with van der Waals surface area (Å²) in [6, 6.07) is 8.51. The summed E-state index contributed by atoms with van der Waals surface area (Å²) in [5.74, 6) is -1.82. The van der Waals surface area contributed by atoms with Crippen LogP contribution in [0.4, 0.5) is 14.6 Å². The van der Waals surface area contributed by atoms with E-state index in [0.717, 1.165) is 23.1 Å². The smallest absolute Gasteiger partial charge is 0.254 e. The number of fused-ring (bicyclic) bond motifs is 1. The molecule has 4 rings (SSSR count). The number of hydrogen-bond acceptors (Lipinski definition) is 6. The first-order valence-electron chi connectivity index (χ1n) is 10.4. The summed E-state index contributed by atoms with van der Waals surface area (Å²) in [6.07, 6.45) is 4.17. The predicted octanol–water partition coefficient (Wildman–Crippen LogP) is 4.25. The molecule has 33 heavy (non-hydrogen) atoms. The maximum absolute atomic E-state index is 14.6. The van der Waals surface area contributed by atoms with Crippen molar-refractivity contribution in [3.05, 3.63) is 77.5 Å². The Morgan fingerprint density at radius 2 is 1.85 bits per heavy atom. The number of anilines is 1. The summed E-state index contributed by atoms with van der Waals surface area (Å²) < 4.78 is 28.9. The van der Waals surface area contributed by atoms with Gasteiger partial charge in [0.05, 0.1) is 28.4 Å². The predicted molar refractivity (Wildman–Crippen MR) is 122 cm³/mol. The van der Waals surface area contributed by atoms with Crippen molar-refractivity contribution in [3.8, 4) is 11.3 Å². The number of nitrogens with one attached hydrogen (secondary N) is 2. The Hall–Kier alpha value is -4.01. The van der Waals surface area contributed by atoms with Gasteiger partial charge in [0.1, 0.15) is 18.0 Å². The van der Waals surface area contributed by atoms with E-state index in [-0.39, 0.29) is 22.4 Å². The Morgan fingerprint density at radius 1 is 1.03 bits per heavy atom. The van der Waals surface area contributed by atoms with Crippen molar-refractivity contribution in [2.45, 2.75) is 19.8 Å². The number of benzene rings is 1. The van der Waals surface area contributed by atoms with Gasteiger partial charge < -0.3 is 10.6 Å². The maximum atomic E-state index is 14.6. The molecule has 0 saturated heterocycles. The highest BCUT2D eigenvalue weighted by Gasteiger charge is 2.22. The zero-order valence-electron chi connectivity index (χ0n) is 18.4. The minimum absolute atomic E-state index is 0.130. The third-order valence-electron chi connectivity index (χ3n) is 5.40. The van der Waals surface area contributed by atoms with Crippen LogP contribution < -0.4 is 10.6 Å². The van der Waals surface area contributed by atoms with Gasteiger partial charge in [-0.05, 0) is 30.7 Å². The second-order valence-corrected chi connectivity index (χ2v) is 7.68. The summed E-state index contributed by atoms with van der Waals surface area (Å²) in [5, 5.41) is 5.48. The van der Waals surface area contributed by atoms with Crippen LogP contribution in [-0.4, -0.2) is 39.4 Å². The molecular weight excluding hydrogens is 426 g/mol. The van der Waals surface area contributed by atoms with Crippen LogP contribution in [0.15, 0.2) is 49.1 Å². The Bertz CT molecular complexity index is 1330. The van der Waals surface area contributed by atoms with Gasteiger partial charge in [-0.1, -0.05) is 13.0 Å². The average Bonchev–Trinajstić information content (AvgIpc) is 2.83. The van der Waals surface area contributed by atoms with E-state index in [4.69, 9.17) is 0 Å². The highest BCUT2D eigenvalue weighted by Crippen LogP contribution is 2.30. The van der Waals surface area contributed by atoms with Gasteiger partial charge in [-0.2, -0.15) is 0 Å². The summed E-state index contributed by atoms with van der Waals surface area (Å²) in [5.41, 5.74) is 3.09. The van der Waals surface area contributed by atoms with E-state index in [2.05, 4.69) is 30.6 Å². The van der Waals surface area contributed by atoms with Gasteiger partial charge in [-0.25, -0.2) is 18.7 Å². The number of aryl methyl sites for hydroxylation is 1. The lowest BCUT2D eigenvalue weighted by molar-refractivity contribution is 0.0960. The number of carbonyl (C=O) groups is 1. The number of rotatable bonds is 6. The number of halogens is 2. The number of carbonyl (C=O) groups excluding carboxylic acids is 1. The van der Waals surface area contributed by atoms with Crippen LogP contribution in [0.5, 0.6) is 0 Å². The van der Waals surface area contributed by atoms with Gasteiger partial charge in [0.25, 0.3) is 5.91 Å². The van der Waals surface area contributed by atoms with Crippen LogP contribution in [0.2, 0.25) is 0 Å². The molecular formula is C24H22F2N6O. The highest BCUT2D eigenvalue weighted by atomic mass is 19.1. The van der Waals surface area contributed by atoms with E-state index in [1.165, 1.54) is 19.4 Å². The second-order valence-electron chi connectivity index (χ2n) is 7.68. The molecule has 1 aromatic carbocycles. The summed E-state index contributed by atoms with van der Waals surface area (Å²) >= 11 is 0. The molecule has 9 heteroatoms. The average molecular weight is 448 g/mol. The van der Waals surface area contributed by atoms with E-state index >= 15 is 0 Å². The van der Waals surface area contributed by atoms with Crippen molar-refractivity contribution < 1.29 is 13.6 Å². The van der Waals surface area contributed by atoms with E-state index in [9.17, 15) is 13.6 Å². The number of pyridine rings is 2. The summed E-state index contributed by atoms with van der Waals surface area (Å²) in [6.45, 7) is 4.28. The molecule has 3 aromatic heterocycles. The monoisotopic (exact) mass is 448 g/mol. The number of hydrogen-bond donors (Lipinski definition) is 2. The van der Waals surface area contributed by atoms with Crippen LogP contribution in [0.3, 0.4) is 0 Å². The Labute approximate surface area is 189 Å². The van der Waals surface area contributed by atoms with Crippen LogP contribution in [0.1, 0.15) is 34.5 Å². The van der Waals surface area contributed by atoms with Gasteiger partial charge >= 0.3 is 0 Å². The second kappa shape index (κ2) is 9.23. The van der Waals surface area contributed by atoms with Gasteiger partial charge in [0.15, 0.2) is 5.82 Å². The normalized spacial score (nSPS) is 11.9. The van der Waals surface area contributed by atoms with Crippen molar-refractivity contribution >= 4 is 22.6 Å². The molecule has 0 radical (unpaired) electrons. The molecule has 0 aliphatic rings. The fourth-order valence-corrected chi connectivity index (χ4v) is 3.61. The van der Waals surface area contributed by atoms with Crippen molar-refractivity contribution in [3.63, 3.8) is 0 Å². The first kappa shape index (κ1) is 22.2. The first-order valence-corrected chi connectivity index (χ1v) is 10.4. The first-order chi connectivity index (χ1) is 15.9. The van der Waals surface area contributed by atoms with Crippen molar-refractivity contribution in [1.29, 1.82) is 0 Å². The fraction of sp³-hybridized carbons (Fsp3) is 0.208. The zero-order chi connectivity index (χ0) is 23.5. The molecule has 0 aliphatic carbocycles. The third kappa shape index (κ3) is 4.48. The molecule has 0 spiro atoms. The van der Waals surface area contributed by atoms with E-state index in [1.54, 1.807) is 12.3 Å². The lowest BCUT2D eigenvalue weighted by Gasteiger charge is -2.17. The largest absolute Gasteiger partial charge is 0.369 e. The van der Waals surface area contributed by atoms with Crippen molar-refractivity contribution in [2.75, 3.05) is 18.9 Å². The molecule has 1 atom stereocenters. The highest BCUT2D eigenvalue weighted by molar-refractivity contribution is 6.07. The fourth-order valence-electron chi connectivity index (χ4n) is 3.61. The minimum atomic E-state index is -0.872. The molecule has 0 aliphatic heterocycles. The molecule has 0 unspecified atom stereocenters. The number of nitrogens with zero attached hydrogens (tertiary/aromatic N) is 4. The van der Waals surface area contributed by atoms with E-state index in [0.29, 0.717) is 17.9 Å². The number of amides is 1. The topological polar surface area (TPSA) is 92.7 Å².